The minimum Gasteiger partial charge on any atom is -0.469 e. The number of ether oxygens (including phenoxy) is 2. The second-order valence-corrected chi connectivity index (χ2v) is 5.47. The summed E-state index contributed by atoms with van der Waals surface area (Å²) in [7, 11) is 1.97. The molecule has 0 saturated heterocycles. The Bertz CT molecular complexity index is 753. The summed E-state index contributed by atoms with van der Waals surface area (Å²) in [5.74, 6) is -2.03. The van der Waals surface area contributed by atoms with Crippen molar-refractivity contribution in [2.24, 2.45) is 4.99 Å². The van der Waals surface area contributed by atoms with E-state index in [0.717, 1.165) is 20.3 Å². The van der Waals surface area contributed by atoms with Gasteiger partial charge in [-0.15, -0.1) is 6.58 Å². The molecule has 1 aromatic carbocycles. The van der Waals surface area contributed by atoms with Gasteiger partial charge in [0, 0.05) is 6.21 Å². The Morgan fingerprint density at radius 2 is 1.50 bits per heavy atom. The van der Waals surface area contributed by atoms with Crippen molar-refractivity contribution < 1.29 is 45.4 Å². The molecule has 1 atom stereocenters. The molecular formula is C17H15F6NO4. The lowest BCUT2D eigenvalue weighted by Crippen LogP contribution is -2.38. The third-order valence-corrected chi connectivity index (χ3v) is 3.57. The summed E-state index contributed by atoms with van der Waals surface area (Å²) in [5, 5.41) is 0. The Morgan fingerprint density at radius 3 is 1.86 bits per heavy atom. The van der Waals surface area contributed by atoms with Crippen LogP contribution in [0.3, 0.4) is 0 Å². The number of halogens is 6. The molecule has 0 N–H and O–H groups in total. The van der Waals surface area contributed by atoms with Gasteiger partial charge in [0.05, 0.1) is 31.8 Å². The molecule has 0 aliphatic carbocycles. The van der Waals surface area contributed by atoms with Crippen LogP contribution in [0, 0.1) is 0 Å². The smallest absolute Gasteiger partial charge is 0.416 e. The van der Waals surface area contributed by atoms with Crippen LogP contribution in [0.15, 0.2) is 35.8 Å². The fourth-order valence-electron chi connectivity index (χ4n) is 2.09. The highest BCUT2D eigenvalue weighted by atomic mass is 19.4. The number of hydrogen-bond donors (Lipinski definition) is 0. The first kappa shape index (κ1) is 23.2. The normalized spacial score (nSPS) is 14.4. The molecule has 1 unspecified atom stereocenters. The summed E-state index contributed by atoms with van der Waals surface area (Å²) in [4.78, 5) is 27.3. The summed E-state index contributed by atoms with van der Waals surface area (Å²) in [6, 6.07) is 0.789. The molecule has 0 fully saturated rings. The van der Waals surface area contributed by atoms with Crippen molar-refractivity contribution in [2.45, 2.75) is 24.3 Å². The Labute approximate surface area is 155 Å². The van der Waals surface area contributed by atoms with Crippen molar-refractivity contribution in [3.8, 4) is 0 Å². The summed E-state index contributed by atoms with van der Waals surface area (Å²) in [6.45, 7) is 3.33. The number of hydrogen-bond acceptors (Lipinski definition) is 5. The van der Waals surface area contributed by atoms with Crippen LogP contribution in [0.2, 0.25) is 0 Å². The highest BCUT2D eigenvalue weighted by Gasteiger charge is 2.40. The number of carbonyl (C=O) groups excluding carboxylic acids is 2. The van der Waals surface area contributed by atoms with Crippen LogP contribution in [-0.2, 0) is 31.4 Å². The first-order valence-corrected chi connectivity index (χ1v) is 7.42. The molecule has 0 heterocycles. The van der Waals surface area contributed by atoms with Crippen LogP contribution in [0.4, 0.5) is 26.3 Å². The van der Waals surface area contributed by atoms with Gasteiger partial charge in [-0.25, -0.2) is 4.79 Å². The van der Waals surface area contributed by atoms with Gasteiger partial charge in [-0.05, 0) is 23.8 Å². The maximum Gasteiger partial charge on any atom is 0.416 e. The number of nitrogens with zero attached hydrogens (tertiary/aromatic N) is 1. The number of methoxy groups -OCH3 is 2. The molecule has 154 valence electrons. The average Bonchev–Trinajstić information content (AvgIpc) is 2.62. The van der Waals surface area contributed by atoms with Crippen molar-refractivity contribution in [3.63, 3.8) is 0 Å². The predicted octanol–water partition coefficient (Wildman–Crippen LogP) is 3.80. The second-order valence-electron chi connectivity index (χ2n) is 5.47. The molecule has 1 rings (SSSR count). The van der Waals surface area contributed by atoms with Crippen LogP contribution >= 0.6 is 0 Å². The zero-order valence-electron chi connectivity index (χ0n) is 14.6. The number of benzene rings is 1. The van der Waals surface area contributed by atoms with Gasteiger partial charge in [0.25, 0.3) is 0 Å². The zero-order valence-corrected chi connectivity index (χ0v) is 14.6. The summed E-state index contributed by atoms with van der Waals surface area (Å²) in [5.41, 5.74) is -5.80. The Kier molecular flexibility index (Phi) is 6.99. The van der Waals surface area contributed by atoms with Crippen LogP contribution in [0.25, 0.3) is 0 Å². The predicted molar refractivity (Wildman–Crippen MR) is 85.6 cm³/mol. The van der Waals surface area contributed by atoms with E-state index in [-0.39, 0.29) is 6.07 Å². The standard InChI is InChI=1S/C17H15F6NO4/c1-4-15(14(26)28-3,8-13(25)27-2)24-9-10-5-11(16(18,19)20)7-12(6-10)17(21,22)23/h4-7,9H,1,8H2,2-3H3/b24-9+. The topological polar surface area (TPSA) is 65.0 Å². The minimum atomic E-state index is -5.05. The third kappa shape index (κ3) is 5.57. The molecule has 0 aromatic heterocycles. The largest absolute Gasteiger partial charge is 0.469 e. The molecular weight excluding hydrogens is 396 g/mol. The van der Waals surface area contributed by atoms with Crippen molar-refractivity contribution >= 4 is 18.2 Å². The molecule has 0 saturated carbocycles. The molecule has 0 spiro atoms. The van der Waals surface area contributed by atoms with Gasteiger partial charge in [-0.3, -0.25) is 9.79 Å². The maximum atomic E-state index is 12.9. The van der Waals surface area contributed by atoms with Crippen molar-refractivity contribution in [1.29, 1.82) is 0 Å². The average molecular weight is 411 g/mol. The zero-order chi connectivity index (χ0) is 21.8. The van der Waals surface area contributed by atoms with E-state index in [9.17, 15) is 35.9 Å². The molecule has 0 aliphatic rings. The summed E-state index contributed by atoms with van der Waals surface area (Å²) in [6.07, 6.45) is -9.33. The lowest BCUT2D eigenvalue weighted by atomic mass is 9.96. The molecule has 5 nitrogen and oxygen atoms in total. The lowest BCUT2D eigenvalue weighted by Gasteiger charge is -2.22. The van der Waals surface area contributed by atoms with E-state index in [1.54, 1.807) is 0 Å². The van der Waals surface area contributed by atoms with Gasteiger partial charge in [-0.1, -0.05) is 6.08 Å². The quantitative estimate of drug-likeness (QED) is 0.309. The number of alkyl halides is 6. The van der Waals surface area contributed by atoms with Crippen molar-refractivity contribution in [2.75, 3.05) is 14.2 Å². The van der Waals surface area contributed by atoms with Gasteiger partial charge < -0.3 is 9.47 Å². The Balaban J connectivity index is 3.52. The van der Waals surface area contributed by atoms with Crippen molar-refractivity contribution in [1.82, 2.24) is 0 Å². The molecule has 28 heavy (non-hydrogen) atoms. The van der Waals surface area contributed by atoms with Crippen LogP contribution in [0.5, 0.6) is 0 Å². The van der Waals surface area contributed by atoms with E-state index in [0.29, 0.717) is 18.3 Å². The fourth-order valence-corrected chi connectivity index (χ4v) is 2.09. The van der Waals surface area contributed by atoms with E-state index in [1.807, 2.05) is 0 Å². The van der Waals surface area contributed by atoms with E-state index < -0.39 is 52.9 Å². The molecule has 1 aromatic rings. The SMILES string of the molecule is C=CC(CC(=O)OC)(/N=C/c1cc(C(F)(F)F)cc(C(F)(F)F)c1)C(=O)OC. The van der Waals surface area contributed by atoms with Crippen LogP contribution < -0.4 is 0 Å². The van der Waals surface area contributed by atoms with Gasteiger partial charge in [-0.2, -0.15) is 26.3 Å². The molecule has 0 amide bonds. The van der Waals surface area contributed by atoms with Gasteiger partial charge in [0.1, 0.15) is 0 Å². The first-order valence-electron chi connectivity index (χ1n) is 7.42. The van der Waals surface area contributed by atoms with Crippen LogP contribution in [-0.4, -0.2) is 37.9 Å². The number of aliphatic imine (C=N–C) groups is 1. The highest BCUT2D eigenvalue weighted by Crippen LogP contribution is 2.36. The Morgan fingerprint density at radius 1 is 1.00 bits per heavy atom. The number of rotatable bonds is 6. The van der Waals surface area contributed by atoms with Gasteiger partial charge in [0.2, 0.25) is 0 Å². The summed E-state index contributed by atoms with van der Waals surface area (Å²) >= 11 is 0. The van der Waals surface area contributed by atoms with E-state index in [1.165, 1.54) is 0 Å². The second kappa shape index (κ2) is 8.44. The van der Waals surface area contributed by atoms with E-state index in [4.69, 9.17) is 0 Å². The number of esters is 2. The van der Waals surface area contributed by atoms with E-state index >= 15 is 0 Å². The minimum absolute atomic E-state index is 0.0488. The fraction of sp³-hybridized carbons (Fsp3) is 0.353. The lowest BCUT2D eigenvalue weighted by molar-refractivity contribution is -0.151. The monoisotopic (exact) mass is 411 g/mol. The Hall–Kier alpha value is -2.85. The molecule has 11 heteroatoms. The summed E-state index contributed by atoms with van der Waals surface area (Å²) < 4.78 is 86.4. The number of carbonyl (C=O) groups is 2. The third-order valence-electron chi connectivity index (χ3n) is 3.57. The van der Waals surface area contributed by atoms with Gasteiger partial charge in [0.15, 0.2) is 5.54 Å². The molecule has 0 bridgehead atoms. The molecule has 0 aliphatic heterocycles. The maximum absolute atomic E-state index is 12.9. The van der Waals surface area contributed by atoms with Crippen molar-refractivity contribution in [3.05, 3.63) is 47.5 Å². The first-order chi connectivity index (χ1) is 12.8. The molecule has 0 radical (unpaired) electrons. The van der Waals surface area contributed by atoms with E-state index in [2.05, 4.69) is 21.0 Å². The highest BCUT2D eigenvalue weighted by molar-refractivity contribution is 5.92. The van der Waals surface area contributed by atoms with Gasteiger partial charge >= 0.3 is 24.3 Å². The van der Waals surface area contributed by atoms with Crippen LogP contribution in [0.1, 0.15) is 23.1 Å².